The number of piperazine rings is 1. The Morgan fingerprint density at radius 1 is 1.12 bits per heavy atom. The van der Waals surface area contributed by atoms with Crippen molar-refractivity contribution in [2.45, 2.75) is 19.8 Å². The van der Waals surface area contributed by atoms with Crippen molar-refractivity contribution in [1.29, 1.82) is 0 Å². The molecule has 126 valence electrons. The van der Waals surface area contributed by atoms with E-state index in [1.54, 1.807) is 6.07 Å². The van der Waals surface area contributed by atoms with E-state index in [1.807, 2.05) is 4.90 Å². The van der Waals surface area contributed by atoms with Gasteiger partial charge in [-0.1, -0.05) is 41.4 Å². The monoisotopic (exact) mass is 344 g/mol. The second kappa shape index (κ2) is 7.62. The van der Waals surface area contributed by atoms with Crippen LogP contribution in [0.15, 0.2) is 36.7 Å². The smallest absolute Gasteiger partial charge is 0.223 e. The van der Waals surface area contributed by atoms with Crippen LogP contribution < -0.4 is 4.90 Å². The van der Waals surface area contributed by atoms with Crippen LogP contribution in [0, 0.1) is 6.92 Å². The van der Waals surface area contributed by atoms with Crippen LogP contribution in [0.3, 0.4) is 0 Å². The summed E-state index contributed by atoms with van der Waals surface area (Å²) in [6, 6.07) is 10.1. The lowest BCUT2D eigenvalue weighted by Crippen LogP contribution is -2.49. The Labute approximate surface area is 147 Å². The van der Waals surface area contributed by atoms with Crippen molar-refractivity contribution in [3.63, 3.8) is 0 Å². The lowest BCUT2D eigenvalue weighted by molar-refractivity contribution is -0.131. The predicted molar refractivity (Wildman–Crippen MR) is 95.3 cm³/mol. The minimum Gasteiger partial charge on any atom is -0.353 e. The van der Waals surface area contributed by atoms with Gasteiger partial charge in [-0.15, -0.1) is 0 Å². The van der Waals surface area contributed by atoms with E-state index in [0.717, 1.165) is 25.3 Å². The molecule has 5 nitrogen and oxygen atoms in total. The molecule has 1 saturated heterocycles. The first-order chi connectivity index (χ1) is 11.6. The maximum atomic E-state index is 12.4. The topological polar surface area (TPSA) is 49.3 Å². The maximum absolute atomic E-state index is 12.4. The first kappa shape index (κ1) is 16.7. The molecule has 0 radical (unpaired) electrons. The second-order valence-electron chi connectivity index (χ2n) is 6.05. The zero-order chi connectivity index (χ0) is 16.9. The van der Waals surface area contributed by atoms with Crippen LogP contribution in [-0.4, -0.2) is 47.0 Å². The van der Waals surface area contributed by atoms with Gasteiger partial charge in [0.05, 0.1) is 0 Å². The van der Waals surface area contributed by atoms with Gasteiger partial charge in [-0.2, -0.15) is 0 Å². The molecular formula is C18H21ClN4O. The molecule has 1 aliphatic rings. The molecule has 0 aliphatic carbocycles. The van der Waals surface area contributed by atoms with Crippen LogP contribution in [0.2, 0.25) is 5.15 Å². The lowest BCUT2D eigenvalue weighted by Gasteiger charge is -2.35. The number of amides is 1. The molecule has 0 N–H and O–H groups in total. The highest BCUT2D eigenvalue weighted by molar-refractivity contribution is 6.29. The molecule has 0 spiro atoms. The first-order valence-electron chi connectivity index (χ1n) is 8.17. The number of carbonyl (C=O) groups is 1. The van der Waals surface area contributed by atoms with Crippen molar-refractivity contribution >= 4 is 23.3 Å². The third-order valence-corrected chi connectivity index (χ3v) is 4.53. The average molecular weight is 345 g/mol. The van der Waals surface area contributed by atoms with Crippen LogP contribution in [-0.2, 0) is 11.2 Å². The minimum absolute atomic E-state index is 0.218. The van der Waals surface area contributed by atoms with E-state index in [0.29, 0.717) is 24.7 Å². The van der Waals surface area contributed by atoms with Gasteiger partial charge in [0.15, 0.2) is 0 Å². The molecule has 1 aliphatic heterocycles. The van der Waals surface area contributed by atoms with E-state index in [-0.39, 0.29) is 5.91 Å². The number of hydrogen-bond donors (Lipinski definition) is 0. The Morgan fingerprint density at radius 2 is 1.83 bits per heavy atom. The Kier molecular flexibility index (Phi) is 5.30. The number of aryl methyl sites for hydroxylation is 2. The van der Waals surface area contributed by atoms with E-state index in [2.05, 4.69) is 46.1 Å². The minimum atomic E-state index is 0.218. The summed E-state index contributed by atoms with van der Waals surface area (Å²) in [5, 5.41) is 0.441. The Balaban J connectivity index is 1.49. The number of carbonyl (C=O) groups excluding carboxylic acids is 1. The van der Waals surface area contributed by atoms with Crippen molar-refractivity contribution in [3.05, 3.63) is 52.9 Å². The van der Waals surface area contributed by atoms with Gasteiger partial charge in [-0.3, -0.25) is 4.79 Å². The molecule has 1 aromatic heterocycles. The summed E-state index contributed by atoms with van der Waals surface area (Å²) in [6.07, 6.45) is 2.82. The van der Waals surface area contributed by atoms with Crippen LogP contribution in [0.1, 0.15) is 17.5 Å². The number of aromatic nitrogens is 2. The fraction of sp³-hybridized carbons (Fsp3) is 0.389. The lowest BCUT2D eigenvalue weighted by atomic mass is 10.1. The molecule has 2 aromatic rings. The molecule has 2 heterocycles. The fourth-order valence-electron chi connectivity index (χ4n) is 2.85. The molecular weight excluding hydrogens is 324 g/mol. The third-order valence-electron chi connectivity index (χ3n) is 4.32. The first-order valence-corrected chi connectivity index (χ1v) is 8.55. The molecule has 0 saturated carbocycles. The number of nitrogens with zero attached hydrogens (tertiary/aromatic N) is 4. The van der Waals surface area contributed by atoms with Crippen molar-refractivity contribution < 1.29 is 4.79 Å². The molecule has 0 atom stereocenters. The molecule has 1 fully saturated rings. The molecule has 24 heavy (non-hydrogen) atoms. The number of halogens is 1. The van der Waals surface area contributed by atoms with Crippen molar-refractivity contribution in [3.8, 4) is 0 Å². The zero-order valence-electron chi connectivity index (χ0n) is 13.8. The predicted octanol–water partition coefficient (Wildman–Crippen LogP) is 2.72. The SMILES string of the molecule is Cc1ccc(CCC(=O)N2CCN(c3cc(Cl)ncn3)CC2)cc1. The molecule has 0 unspecified atom stereocenters. The highest BCUT2D eigenvalue weighted by Crippen LogP contribution is 2.17. The number of benzene rings is 1. The van der Waals surface area contributed by atoms with Gasteiger partial charge in [0.2, 0.25) is 5.91 Å². The van der Waals surface area contributed by atoms with E-state index in [4.69, 9.17) is 11.6 Å². The third kappa shape index (κ3) is 4.23. The number of anilines is 1. The zero-order valence-corrected chi connectivity index (χ0v) is 14.5. The summed E-state index contributed by atoms with van der Waals surface area (Å²) in [6.45, 7) is 5.04. The summed E-state index contributed by atoms with van der Waals surface area (Å²) >= 11 is 5.91. The van der Waals surface area contributed by atoms with E-state index < -0.39 is 0 Å². The molecule has 6 heteroatoms. The molecule has 0 bridgehead atoms. The Morgan fingerprint density at radius 3 is 2.50 bits per heavy atom. The summed E-state index contributed by atoms with van der Waals surface area (Å²) in [4.78, 5) is 24.6. The Hall–Kier alpha value is -2.14. The van der Waals surface area contributed by atoms with Gasteiger partial charge in [0.25, 0.3) is 0 Å². The van der Waals surface area contributed by atoms with Crippen LogP contribution in [0.25, 0.3) is 0 Å². The second-order valence-corrected chi connectivity index (χ2v) is 6.44. The summed E-state index contributed by atoms with van der Waals surface area (Å²) in [5.74, 6) is 1.04. The van der Waals surface area contributed by atoms with Gasteiger partial charge in [0.1, 0.15) is 17.3 Å². The van der Waals surface area contributed by atoms with Gasteiger partial charge >= 0.3 is 0 Å². The van der Waals surface area contributed by atoms with E-state index in [1.165, 1.54) is 17.5 Å². The standard InChI is InChI=1S/C18H21ClN4O/c1-14-2-4-15(5-3-14)6-7-18(24)23-10-8-22(9-11-23)17-12-16(19)20-13-21-17/h2-5,12-13H,6-11H2,1H3. The molecule has 1 amide bonds. The van der Waals surface area contributed by atoms with Crippen molar-refractivity contribution in [1.82, 2.24) is 14.9 Å². The van der Waals surface area contributed by atoms with Crippen molar-refractivity contribution in [2.24, 2.45) is 0 Å². The van der Waals surface area contributed by atoms with E-state index >= 15 is 0 Å². The van der Waals surface area contributed by atoms with Gasteiger partial charge in [0, 0.05) is 38.7 Å². The van der Waals surface area contributed by atoms with E-state index in [9.17, 15) is 4.79 Å². The van der Waals surface area contributed by atoms with Gasteiger partial charge < -0.3 is 9.80 Å². The highest BCUT2D eigenvalue weighted by Gasteiger charge is 2.21. The molecule has 1 aromatic carbocycles. The average Bonchev–Trinajstić information content (AvgIpc) is 2.61. The van der Waals surface area contributed by atoms with Crippen LogP contribution in [0.4, 0.5) is 5.82 Å². The Bertz CT molecular complexity index is 696. The number of rotatable bonds is 4. The summed E-state index contributed by atoms with van der Waals surface area (Å²) < 4.78 is 0. The molecule has 3 rings (SSSR count). The summed E-state index contributed by atoms with van der Waals surface area (Å²) in [7, 11) is 0. The van der Waals surface area contributed by atoms with Gasteiger partial charge in [-0.05, 0) is 18.9 Å². The fourth-order valence-corrected chi connectivity index (χ4v) is 2.99. The highest BCUT2D eigenvalue weighted by atomic mass is 35.5. The summed E-state index contributed by atoms with van der Waals surface area (Å²) in [5.41, 5.74) is 2.45. The normalized spacial score (nSPS) is 14.8. The van der Waals surface area contributed by atoms with Crippen LogP contribution >= 0.6 is 11.6 Å². The quantitative estimate of drug-likeness (QED) is 0.800. The van der Waals surface area contributed by atoms with Crippen LogP contribution in [0.5, 0.6) is 0 Å². The van der Waals surface area contributed by atoms with Gasteiger partial charge in [-0.25, -0.2) is 9.97 Å². The largest absolute Gasteiger partial charge is 0.353 e. The maximum Gasteiger partial charge on any atom is 0.223 e. The van der Waals surface area contributed by atoms with Crippen molar-refractivity contribution in [2.75, 3.05) is 31.1 Å². The number of hydrogen-bond acceptors (Lipinski definition) is 4.